The zero-order valence-corrected chi connectivity index (χ0v) is 9.67. The summed E-state index contributed by atoms with van der Waals surface area (Å²) in [5.41, 5.74) is -0.975. The Morgan fingerprint density at radius 3 is 2.67 bits per heavy atom. The molecule has 1 aromatic carbocycles. The molecule has 18 heavy (non-hydrogen) atoms. The van der Waals surface area contributed by atoms with Crippen LogP contribution < -0.4 is 16.4 Å². The maximum atomic E-state index is 12.1. The van der Waals surface area contributed by atoms with E-state index in [-0.39, 0.29) is 11.8 Å². The molecule has 0 amide bonds. The van der Waals surface area contributed by atoms with Gasteiger partial charge in [-0.05, 0) is 18.6 Å². The molecule has 1 aromatic heterocycles. The van der Waals surface area contributed by atoms with Gasteiger partial charge in [0, 0.05) is 0 Å². The number of aromatic nitrogens is 2. The van der Waals surface area contributed by atoms with Crippen LogP contribution in [0.3, 0.4) is 0 Å². The molecule has 0 saturated carbocycles. The van der Waals surface area contributed by atoms with Gasteiger partial charge in [-0.1, -0.05) is 19.1 Å². The van der Waals surface area contributed by atoms with Gasteiger partial charge in [-0.15, -0.1) is 0 Å². The number of para-hydroxylation sites is 1. The average molecular weight is 247 g/mol. The van der Waals surface area contributed by atoms with Gasteiger partial charge >= 0.3 is 5.69 Å². The number of carbonyl (C=O) groups is 1. The van der Waals surface area contributed by atoms with Gasteiger partial charge in [0.25, 0.3) is 5.56 Å². The molecule has 0 aliphatic carbocycles. The normalized spacial score (nSPS) is 12.5. The summed E-state index contributed by atoms with van der Waals surface area (Å²) in [6.07, 6.45) is 0.101. The van der Waals surface area contributed by atoms with E-state index in [4.69, 9.17) is 0 Å². The predicted octanol–water partition coefficient (Wildman–Crippen LogP) is -0.609. The van der Waals surface area contributed by atoms with Gasteiger partial charge in [-0.2, -0.15) is 0 Å². The van der Waals surface area contributed by atoms with Crippen molar-refractivity contribution in [3.63, 3.8) is 0 Å². The minimum absolute atomic E-state index is 0.101. The maximum absolute atomic E-state index is 12.1. The second-order valence-electron chi connectivity index (χ2n) is 3.89. The van der Waals surface area contributed by atoms with Crippen molar-refractivity contribution in [2.45, 2.75) is 19.4 Å². The first-order valence-corrected chi connectivity index (χ1v) is 5.50. The van der Waals surface area contributed by atoms with E-state index in [1.165, 1.54) is 6.07 Å². The van der Waals surface area contributed by atoms with Crippen LogP contribution in [-0.2, 0) is 4.79 Å². The summed E-state index contributed by atoms with van der Waals surface area (Å²) in [5, 5.41) is 11.2. The molecule has 0 saturated heterocycles. The highest BCUT2D eigenvalue weighted by molar-refractivity contribution is 5.77. The van der Waals surface area contributed by atoms with Gasteiger partial charge in [0.2, 0.25) is 0 Å². The summed E-state index contributed by atoms with van der Waals surface area (Å²) in [7, 11) is 0. The lowest BCUT2D eigenvalue weighted by Crippen LogP contribution is -2.45. The first-order valence-electron chi connectivity index (χ1n) is 5.50. The molecule has 2 rings (SSSR count). The summed E-state index contributed by atoms with van der Waals surface area (Å²) in [6.45, 7) is 1.57. The lowest BCUT2D eigenvalue weighted by molar-refractivity contribution is -0.310. The van der Waals surface area contributed by atoms with Crippen LogP contribution in [0.25, 0.3) is 10.9 Å². The smallest absolute Gasteiger partial charge is 0.329 e. The Hall–Kier alpha value is -2.37. The third-order valence-electron chi connectivity index (χ3n) is 2.81. The number of carboxylic acid groups (broad SMARTS) is 1. The predicted molar refractivity (Wildman–Crippen MR) is 63.2 cm³/mol. The van der Waals surface area contributed by atoms with Crippen molar-refractivity contribution in [1.82, 2.24) is 9.55 Å². The van der Waals surface area contributed by atoms with Crippen molar-refractivity contribution in [3.05, 3.63) is 45.1 Å². The fraction of sp³-hybridized carbons (Fsp3) is 0.250. The minimum atomic E-state index is -1.44. The maximum Gasteiger partial charge on any atom is 0.329 e. The summed E-state index contributed by atoms with van der Waals surface area (Å²) < 4.78 is 0.692. The number of rotatable bonds is 3. The molecule has 0 bridgehead atoms. The van der Waals surface area contributed by atoms with E-state index in [9.17, 15) is 19.5 Å². The Morgan fingerprint density at radius 1 is 1.39 bits per heavy atom. The van der Waals surface area contributed by atoms with Crippen molar-refractivity contribution in [2.75, 3.05) is 0 Å². The van der Waals surface area contributed by atoms with E-state index in [1.54, 1.807) is 25.1 Å². The van der Waals surface area contributed by atoms with Crippen LogP contribution in [0, 0.1) is 0 Å². The van der Waals surface area contributed by atoms with Crippen LogP contribution in [0.15, 0.2) is 33.9 Å². The molecule has 6 nitrogen and oxygen atoms in total. The van der Waals surface area contributed by atoms with E-state index in [1.807, 2.05) is 0 Å². The zero-order valence-electron chi connectivity index (χ0n) is 9.67. The topological polar surface area (TPSA) is 95.0 Å². The number of carboxylic acids is 1. The van der Waals surface area contributed by atoms with Gasteiger partial charge < -0.3 is 14.9 Å². The zero-order chi connectivity index (χ0) is 13.3. The number of benzene rings is 1. The van der Waals surface area contributed by atoms with Gasteiger partial charge in [-0.3, -0.25) is 9.36 Å². The number of aromatic amines is 1. The number of fused-ring (bicyclic) bond motifs is 1. The Bertz CT molecular complexity index is 714. The van der Waals surface area contributed by atoms with Crippen LogP contribution >= 0.6 is 0 Å². The highest BCUT2D eigenvalue weighted by Gasteiger charge is 2.16. The van der Waals surface area contributed by atoms with Crippen LogP contribution in [0.2, 0.25) is 0 Å². The molecule has 0 spiro atoms. The fourth-order valence-electron chi connectivity index (χ4n) is 1.91. The van der Waals surface area contributed by atoms with Crippen LogP contribution in [-0.4, -0.2) is 15.5 Å². The van der Waals surface area contributed by atoms with E-state index in [2.05, 4.69) is 4.98 Å². The molecule has 0 aliphatic rings. The molecular formula is C12H11N2O4-. The minimum Gasteiger partial charge on any atom is -0.548 e. The Morgan fingerprint density at radius 2 is 2.06 bits per heavy atom. The Labute approximate surface area is 102 Å². The number of carbonyl (C=O) groups excluding carboxylic acids is 1. The highest BCUT2D eigenvalue weighted by atomic mass is 16.4. The first kappa shape index (κ1) is 12.1. The fourth-order valence-corrected chi connectivity index (χ4v) is 1.91. The van der Waals surface area contributed by atoms with E-state index in [0.717, 1.165) is 0 Å². The SMILES string of the molecule is CC[C@H](C(=O)[O-])n1c(=O)[nH]c2ccccc2c1=O. The number of hydrogen-bond acceptors (Lipinski definition) is 4. The number of nitrogens with zero attached hydrogens (tertiary/aromatic N) is 1. The average Bonchev–Trinajstić information content (AvgIpc) is 2.34. The van der Waals surface area contributed by atoms with E-state index in [0.29, 0.717) is 10.1 Å². The van der Waals surface area contributed by atoms with Gasteiger partial charge in [0.1, 0.15) is 0 Å². The summed E-state index contributed by atoms with van der Waals surface area (Å²) in [6, 6.07) is 5.19. The van der Waals surface area contributed by atoms with Crippen molar-refractivity contribution in [1.29, 1.82) is 0 Å². The molecule has 0 aliphatic heterocycles. The van der Waals surface area contributed by atoms with Crippen LogP contribution in [0.1, 0.15) is 19.4 Å². The summed E-state index contributed by atoms with van der Waals surface area (Å²) in [4.78, 5) is 37.3. The van der Waals surface area contributed by atoms with E-state index < -0.39 is 23.3 Å². The molecule has 94 valence electrons. The second-order valence-corrected chi connectivity index (χ2v) is 3.89. The number of aliphatic carboxylic acids is 1. The molecule has 0 unspecified atom stereocenters. The van der Waals surface area contributed by atoms with Crippen molar-refractivity contribution < 1.29 is 9.90 Å². The highest BCUT2D eigenvalue weighted by Crippen LogP contribution is 2.08. The largest absolute Gasteiger partial charge is 0.548 e. The molecule has 0 radical (unpaired) electrons. The molecule has 6 heteroatoms. The third kappa shape index (κ3) is 1.81. The molecule has 1 heterocycles. The van der Waals surface area contributed by atoms with Crippen molar-refractivity contribution >= 4 is 16.9 Å². The lowest BCUT2D eigenvalue weighted by atomic mass is 10.2. The lowest BCUT2D eigenvalue weighted by Gasteiger charge is -2.18. The van der Waals surface area contributed by atoms with Gasteiger partial charge in [0.15, 0.2) is 0 Å². The van der Waals surface area contributed by atoms with Gasteiger partial charge in [0.05, 0.1) is 22.9 Å². The Kier molecular flexibility index (Phi) is 3.01. The summed E-state index contributed by atoms with van der Waals surface area (Å²) in [5.74, 6) is -1.44. The van der Waals surface area contributed by atoms with Gasteiger partial charge in [-0.25, -0.2) is 4.79 Å². The van der Waals surface area contributed by atoms with Crippen LogP contribution in [0.4, 0.5) is 0 Å². The van der Waals surface area contributed by atoms with Crippen molar-refractivity contribution in [2.24, 2.45) is 0 Å². The number of H-pyrrole nitrogens is 1. The second kappa shape index (κ2) is 4.48. The molecule has 2 aromatic rings. The summed E-state index contributed by atoms with van der Waals surface area (Å²) >= 11 is 0. The number of nitrogens with one attached hydrogen (secondary N) is 1. The monoisotopic (exact) mass is 247 g/mol. The first-order chi connectivity index (χ1) is 8.56. The standard InChI is InChI=1S/C12H12N2O4/c1-2-9(11(16)17)14-10(15)7-5-3-4-6-8(7)13-12(14)18/h3-6,9H,2H2,1H3,(H,13,18)(H,16,17)/p-1/t9-/m1/s1. The number of hydrogen-bond donors (Lipinski definition) is 1. The third-order valence-corrected chi connectivity index (χ3v) is 2.81. The Balaban J connectivity index is 2.84. The molecule has 0 fully saturated rings. The van der Waals surface area contributed by atoms with E-state index >= 15 is 0 Å². The molecule has 1 atom stereocenters. The van der Waals surface area contributed by atoms with Crippen molar-refractivity contribution in [3.8, 4) is 0 Å². The van der Waals surface area contributed by atoms with Crippen LogP contribution in [0.5, 0.6) is 0 Å². The molecule has 1 N–H and O–H groups in total. The quantitative estimate of drug-likeness (QED) is 0.782. The molecular weight excluding hydrogens is 236 g/mol.